The van der Waals surface area contributed by atoms with Gasteiger partial charge >= 0.3 is 6.03 Å². The SMILES string of the molecule is COc1ccccc1NC(=O)COc1ccc(/C=C2/C(=O)NC(=O)N(c3ccc(Cl)cc3)C2=O)cc1OC. The summed E-state index contributed by atoms with van der Waals surface area (Å²) in [6.45, 7) is -0.312. The van der Waals surface area contributed by atoms with E-state index in [-0.39, 0.29) is 29.4 Å². The number of carbonyl (C=O) groups excluding carboxylic acids is 4. The first kappa shape index (κ1) is 26.2. The van der Waals surface area contributed by atoms with Gasteiger partial charge in [0, 0.05) is 5.02 Å². The van der Waals surface area contributed by atoms with Crippen molar-refractivity contribution < 1.29 is 33.4 Å². The molecular weight excluding hydrogens is 514 g/mol. The smallest absolute Gasteiger partial charge is 0.335 e. The number of benzene rings is 3. The summed E-state index contributed by atoms with van der Waals surface area (Å²) in [5.74, 6) is -1.01. The van der Waals surface area contributed by atoms with Crippen LogP contribution in [0, 0.1) is 0 Å². The quantitative estimate of drug-likeness (QED) is 0.329. The van der Waals surface area contributed by atoms with Crippen LogP contribution >= 0.6 is 11.6 Å². The number of nitrogens with one attached hydrogen (secondary N) is 2. The summed E-state index contributed by atoms with van der Waals surface area (Å²) in [6, 6.07) is 16.8. The number of ether oxygens (including phenoxy) is 3. The highest BCUT2D eigenvalue weighted by Gasteiger charge is 2.36. The van der Waals surface area contributed by atoms with Crippen molar-refractivity contribution in [2.24, 2.45) is 0 Å². The molecule has 4 rings (SSSR count). The number of imide groups is 2. The molecule has 11 heteroatoms. The zero-order valence-corrected chi connectivity index (χ0v) is 21.1. The second kappa shape index (κ2) is 11.5. The lowest BCUT2D eigenvalue weighted by Gasteiger charge is -2.26. The molecule has 0 atom stereocenters. The number of hydrogen-bond acceptors (Lipinski definition) is 7. The van der Waals surface area contributed by atoms with Crippen LogP contribution in [0.25, 0.3) is 6.08 Å². The van der Waals surface area contributed by atoms with E-state index in [2.05, 4.69) is 10.6 Å². The van der Waals surface area contributed by atoms with E-state index in [9.17, 15) is 19.2 Å². The van der Waals surface area contributed by atoms with E-state index in [1.165, 1.54) is 56.7 Å². The molecule has 10 nitrogen and oxygen atoms in total. The van der Waals surface area contributed by atoms with E-state index in [1.807, 2.05) is 0 Å². The minimum atomic E-state index is -0.868. The Morgan fingerprint density at radius 2 is 1.66 bits per heavy atom. The van der Waals surface area contributed by atoms with Crippen molar-refractivity contribution in [2.75, 3.05) is 31.0 Å². The third-order valence-corrected chi connectivity index (χ3v) is 5.68. The van der Waals surface area contributed by atoms with Gasteiger partial charge < -0.3 is 19.5 Å². The van der Waals surface area contributed by atoms with Gasteiger partial charge in [0.2, 0.25) is 0 Å². The fraction of sp³-hybridized carbons (Fsp3) is 0.111. The van der Waals surface area contributed by atoms with Gasteiger partial charge in [-0.1, -0.05) is 29.8 Å². The number of halogens is 1. The van der Waals surface area contributed by atoms with Crippen LogP contribution in [0.5, 0.6) is 17.2 Å². The Kier molecular flexibility index (Phi) is 7.93. The summed E-state index contributed by atoms with van der Waals surface area (Å²) in [5.41, 5.74) is 0.921. The molecule has 0 saturated carbocycles. The van der Waals surface area contributed by atoms with Crippen LogP contribution in [-0.4, -0.2) is 44.6 Å². The van der Waals surface area contributed by atoms with Crippen LogP contribution in [0.2, 0.25) is 5.02 Å². The third kappa shape index (κ3) is 5.76. The highest BCUT2D eigenvalue weighted by atomic mass is 35.5. The zero-order chi connectivity index (χ0) is 27.2. The number of urea groups is 1. The second-order valence-corrected chi connectivity index (χ2v) is 8.32. The van der Waals surface area contributed by atoms with E-state index in [4.69, 9.17) is 25.8 Å². The van der Waals surface area contributed by atoms with E-state index in [0.717, 1.165) is 4.90 Å². The molecule has 0 spiro atoms. The highest BCUT2D eigenvalue weighted by molar-refractivity contribution is 6.39. The van der Waals surface area contributed by atoms with Gasteiger partial charge in [-0.25, -0.2) is 9.69 Å². The van der Waals surface area contributed by atoms with Gasteiger partial charge in [-0.05, 0) is 60.2 Å². The lowest BCUT2D eigenvalue weighted by Crippen LogP contribution is -2.54. The van der Waals surface area contributed by atoms with Crippen molar-refractivity contribution in [3.8, 4) is 17.2 Å². The van der Waals surface area contributed by atoms with Crippen molar-refractivity contribution in [3.05, 3.63) is 82.9 Å². The molecule has 194 valence electrons. The molecule has 3 aromatic rings. The maximum atomic E-state index is 13.1. The maximum Gasteiger partial charge on any atom is 0.335 e. The Hall–Kier alpha value is -4.83. The average Bonchev–Trinajstić information content (AvgIpc) is 2.91. The molecule has 1 fully saturated rings. The molecule has 0 aliphatic carbocycles. The number of para-hydroxylation sites is 2. The minimum Gasteiger partial charge on any atom is -0.495 e. The predicted molar refractivity (Wildman–Crippen MR) is 141 cm³/mol. The molecule has 1 aliphatic rings. The van der Waals surface area contributed by atoms with Gasteiger partial charge in [-0.3, -0.25) is 19.7 Å². The molecule has 1 aliphatic heterocycles. The van der Waals surface area contributed by atoms with Gasteiger partial charge in [0.1, 0.15) is 11.3 Å². The maximum absolute atomic E-state index is 13.1. The Balaban J connectivity index is 1.50. The Labute approximate surface area is 222 Å². The number of nitrogens with zero attached hydrogens (tertiary/aromatic N) is 1. The molecule has 0 bridgehead atoms. The largest absolute Gasteiger partial charge is 0.495 e. The van der Waals surface area contributed by atoms with Crippen LogP contribution in [0.4, 0.5) is 16.2 Å². The monoisotopic (exact) mass is 535 g/mol. The van der Waals surface area contributed by atoms with Gasteiger partial charge in [-0.15, -0.1) is 0 Å². The van der Waals surface area contributed by atoms with Crippen molar-refractivity contribution in [1.29, 1.82) is 0 Å². The number of hydrogen-bond donors (Lipinski definition) is 2. The standard InChI is InChI=1S/C27H22ClN3O7/c1-36-21-6-4-3-5-20(21)29-24(32)15-38-22-12-7-16(14-23(22)37-2)13-19-25(33)30-27(35)31(26(19)34)18-10-8-17(28)9-11-18/h3-14H,15H2,1-2H3,(H,29,32)(H,30,33,35)/b19-13-. The van der Waals surface area contributed by atoms with E-state index in [1.54, 1.807) is 30.3 Å². The van der Waals surface area contributed by atoms with Gasteiger partial charge in [0.15, 0.2) is 18.1 Å². The first-order chi connectivity index (χ1) is 18.3. The van der Waals surface area contributed by atoms with Crippen molar-refractivity contribution in [3.63, 3.8) is 0 Å². The van der Waals surface area contributed by atoms with Crippen LogP contribution in [0.15, 0.2) is 72.3 Å². The fourth-order valence-electron chi connectivity index (χ4n) is 3.62. The normalized spacial score (nSPS) is 14.2. The third-order valence-electron chi connectivity index (χ3n) is 5.43. The van der Waals surface area contributed by atoms with Gasteiger partial charge in [0.25, 0.3) is 17.7 Å². The molecule has 5 amide bonds. The number of amides is 5. The zero-order valence-electron chi connectivity index (χ0n) is 20.3. The van der Waals surface area contributed by atoms with Crippen molar-refractivity contribution >= 4 is 52.8 Å². The van der Waals surface area contributed by atoms with Crippen LogP contribution in [-0.2, 0) is 14.4 Å². The Morgan fingerprint density at radius 3 is 2.37 bits per heavy atom. The summed E-state index contributed by atoms with van der Waals surface area (Å²) < 4.78 is 16.2. The minimum absolute atomic E-state index is 0.253. The first-order valence-electron chi connectivity index (χ1n) is 11.2. The molecule has 3 aromatic carbocycles. The molecule has 0 aromatic heterocycles. The first-order valence-corrected chi connectivity index (χ1v) is 11.6. The number of carbonyl (C=O) groups is 4. The van der Waals surface area contributed by atoms with Gasteiger partial charge in [-0.2, -0.15) is 0 Å². The number of methoxy groups -OCH3 is 2. The fourth-order valence-corrected chi connectivity index (χ4v) is 3.75. The molecular formula is C27H22ClN3O7. The summed E-state index contributed by atoms with van der Waals surface area (Å²) in [7, 11) is 2.91. The predicted octanol–water partition coefficient (Wildman–Crippen LogP) is 4.04. The Bertz CT molecular complexity index is 1440. The number of anilines is 2. The lowest BCUT2D eigenvalue weighted by molar-refractivity contribution is -0.122. The molecule has 0 unspecified atom stereocenters. The molecule has 1 saturated heterocycles. The molecule has 38 heavy (non-hydrogen) atoms. The molecule has 2 N–H and O–H groups in total. The molecule has 1 heterocycles. The van der Waals surface area contributed by atoms with Gasteiger partial charge in [0.05, 0.1) is 25.6 Å². The van der Waals surface area contributed by atoms with E-state index >= 15 is 0 Å². The van der Waals surface area contributed by atoms with Crippen LogP contribution < -0.4 is 29.7 Å². The van der Waals surface area contributed by atoms with Crippen LogP contribution in [0.1, 0.15) is 5.56 Å². The van der Waals surface area contributed by atoms with E-state index < -0.39 is 23.8 Å². The summed E-state index contributed by atoms with van der Waals surface area (Å²) in [4.78, 5) is 51.1. The molecule has 0 radical (unpaired) electrons. The van der Waals surface area contributed by atoms with E-state index in [0.29, 0.717) is 22.0 Å². The van der Waals surface area contributed by atoms with Crippen molar-refractivity contribution in [2.45, 2.75) is 0 Å². The summed E-state index contributed by atoms with van der Waals surface area (Å²) in [6.07, 6.45) is 1.33. The lowest BCUT2D eigenvalue weighted by atomic mass is 10.1. The van der Waals surface area contributed by atoms with Crippen molar-refractivity contribution in [1.82, 2.24) is 5.32 Å². The average molecular weight is 536 g/mol. The topological polar surface area (TPSA) is 123 Å². The summed E-state index contributed by atoms with van der Waals surface area (Å²) >= 11 is 5.89. The van der Waals surface area contributed by atoms with Crippen LogP contribution in [0.3, 0.4) is 0 Å². The second-order valence-electron chi connectivity index (χ2n) is 7.88. The Morgan fingerprint density at radius 1 is 0.947 bits per heavy atom. The number of rotatable bonds is 8. The number of barbiturate groups is 1. The highest BCUT2D eigenvalue weighted by Crippen LogP contribution is 2.30. The summed E-state index contributed by atoms with van der Waals surface area (Å²) in [5, 5.41) is 5.30.